The molecule has 0 aromatic heterocycles. The Morgan fingerprint density at radius 2 is 2.13 bits per heavy atom. The van der Waals surface area contributed by atoms with Gasteiger partial charge in [-0.1, -0.05) is 20.8 Å². The quantitative estimate of drug-likeness (QED) is 0.744. The molecule has 0 amide bonds. The van der Waals surface area contributed by atoms with Crippen LogP contribution in [0.2, 0.25) is 0 Å². The van der Waals surface area contributed by atoms with Crippen molar-refractivity contribution < 1.29 is 4.74 Å². The van der Waals surface area contributed by atoms with E-state index < -0.39 is 0 Å². The molecule has 15 heavy (non-hydrogen) atoms. The normalized spacial score (nSPS) is 25.8. The van der Waals surface area contributed by atoms with Crippen molar-refractivity contribution >= 4 is 0 Å². The van der Waals surface area contributed by atoms with Gasteiger partial charge in [0.25, 0.3) is 0 Å². The maximum Gasteiger partial charge on any atom is 0.0500 e. The molecule has 0 bridgehead atoms. The van der Waals surface area contributed by atoms with Crippen molar-refractivity contribution in [3.8, 4) is 0 Å². The van der Waals surface area contributed by atoms with Gasteiger partial charge in [-0.05, 0) is 11.8 Å². The van der Waals surface area contributed by atoms with Crippen molar-refractivity contribution in [3.63, 3.8) is 0 Å². The first kappa shape index (κ1) is 12.9. The second-order valence-corrected chi connectivity index (χ2v) is 5.12. The van der Waals surface area contributed by atoms with Gasteiger partial charge in [-0.25, -0.2) is 0 Å². The molecule has 1 saturated heterocycles. The summed E-state index contributed by atoms with van der Waals surface area (Å²) in [6.45, 7) is 12.4. The zero-order valence-corrected chi connectivity index (χ0v) is 10.6. The number of nitrogens with zero attached hydrogens (tertiary/aromatic N) is 1. The van der Waals surface area contributed by atoms with Gasteiger partial charge in [0.2, 0.25) is 0 Å². The topological polar surface area (TPSA) is 24.5 Å². The van der Waals surface area contributed by atoms with Crippen LogP contribution in [0, 0.1) is 11.8 Å². The van der Waals surface area contributed by atoms with E-state index in [4.69, 9.17) is 4.74 Å². The molecule has 1 rings (SSSR count). The minimum Gasteiger partial charge on any atom is -0.384 e. The van der Waals surface area contributed by atoms with E-state index in [2.05, 4.69) is 31.0 Å². The van der Waals surface area contributed by atoms with Crippen molar-refractivity contribution in [3.05, 3.63) is 0 Å². The average molecular weight is 214 g/mol. The zero-order valence-electron chi connectivity index (χ0n) is 10.6. The smallest absolute Gasteiger partial charge is 0.0500 e. The predicted molar refractivity (Wildman–Crippen MR) is 64.1 cm³/mol. The van der Waals surface area contributed by atoms with Crippen molar-refractivity contribution in [1.82, 2.24) is 10.2 Å². The van der Waals surface area contributed by atoms with Gasteiger partial charge in [-0.2, -0.15) is 0 Å². The van der Waals surface area contributed by atoms with Gasteiger partial charge in [0.1, 0.15) is 0 Å². The highest BCUT2D eigenvalue weighted by Crippen LogP contribution is 2.10. The molecule has 0 spiro atoms. The number of hydrogen-bond acceptors (Lipinski definition) is 3. The third-order valence-corrected chi connectivity index (χ3v) is 3.12. The fourth-order valence-electron chi connectivity index (χ4n) is 2.23. The van der Waals surface area contributed by atoms with E-state index in [1.165, 1.54) is 19.6 Å². The number of hydrogen-bond donors (Lipinski definition) is 1. The molecule has 0 aromatic carbocycles. The second-order valence-electron chi connectivity index (χ2n) is 5.12. The number of rotatable bonds is 5. The second kappa shape index (κ2) is 6.46. The molecule has 1 aliphatic heterocycles. The van der Waals surface area contributed by atoms with Gasteiger partial charge in [0.05, 0.1) is 0 Å². The molecule has 1 aliphatic rings. The molecule has 0 radical (unpaired) electrons. The molecule has 90 valence electrons. The van der Waals surface area contributed by atoms with E-state index in [-0.39, 0.29) is 0 Å². The molecule has 0 aliphatic carbocycles. The van der Waals surface area contributed by atoms with Crippen LogP contribution in [0.15, 0.2) is 0 Å². The van der Waals surface area contributed by atoms with Gasteiger partial charge < -0.3 is 15.0 Å². The summed E-state index contributed by atoms with van der Waals surface area (Å²) in [5.74, 6) is 1.37. The average Bonchev–Trinajstić information content (AvgIpc) is 2.18. The number of methoxy groups -OCH3 is 1. The standard InChI is InChI=1S/C12H26N2O/c1-10(2)12-8-14(6-5-13-12)7-11(3)9-15-4/h10-13H,5-9H2,1-4H3. The Hall–Kier alpha value is -0.120. The van der Waals surface area contributed by atoms with E-state index in [1.54, 1.807) is 7.11 Å². The third-order valence-electron chi connectivity index (χ3n) is 3.12. The van der Waals surface area contributed by atoms with Gasteiger partial charge in [0.15, 0.2) is 0 Å². The van der Waals surface area contributed by atoms with Crippen LogP contribution in [0.4, 0.5) is 0 Å². The Bertz CT molecular complexity index is 173. The Balaban J connectivity index is 2.29. The third kappa shape index (κ3) is 4.49. The summed E-state index contributed by atoms with van der Waals surface area (Å²) < 4.78 is 5.18. The summed E-state index contributed by atoms with van der Waals surface area (Å²) in [5, 5.41) is 3.58. The van der Waals surface area contributed by atoms with Gasteiger partial charge >= 0.3 is 0 Å². The molecular weight excluding hydrogens is 188 g/mol. The summed E-state index contributed by atoms with van der Waals surface area (Å²) in [6, 6.07) is 0.661. The molecule has 2 atom stereocenters. The number of nitrogens with one attached hydrogen (secondary N) is 1. The van der Waals surface area contributed by atoms with Gasteiger partial charge in [-0.15, -0.1) is 0 Å². The molecule has 1 fully saturated rings. The van der Waals surface area contributed by atoms with E-state index in [9.17, 15) is 0 Å². The largest absolute Gasteiger partial charge is 0.384 e. The van der Waals surface area contributed by atoms with E-state index >= 15 is 0 Å². The van der Waals surface area contributed by atoms with Crippen LogP contribution < -0.4 is 5.32 Å². The molecular formula is C12H26N2O. The van der Waals surface area contributed by atoms with E-state index in [0.29, 0.717) is 12.0 Å². The molecule has 3 heteroatoms. The molecule has 2 unspecified atom stereocenters. The molecule has 3 nitrogen and oxygen atoms in total. The number of ether oxygens (including phenoxy) is 1. The van der Waals surface area contributed by atoms with Crippen molar-refractivity contribution in [2.75, 3.05) is 39.9 Å². The highest BCUT2D eigenvalue weighted by molar-refractivity contribution is 4.81. The van der Waals surface area contributed by atoms with Gasteiger partial charge in [0, 0.05) is 45.9 Å². The summed E-state index contributed by atoms with van der Waals surface area (Å²) in [6.07, 6.45) is 0. The summed E-state index contributed by atoms with van der Waals surface area (Å²) >= 11 is 0. The monoisotopic (exact) mass is 214 g/mol. The van der Waals surface area contributed by atoms with Crippen molar-refractivity contribution in [2.24, 2.45) is 11.8 Å². The van der Waals surface area contributed by atoms with Crippen molar-refractivity contribution in [2.45, 2.75) is 26.8 Å². The molecule has 0 saturated carbocycles. The highest BCUT2D eigenvalue weighted by Gasteiger charge is 2.22. The maximum absolute atomic E-state index is 5.18. The highest BCUT2D eigenvalue weighted by atomic mass is 16.5. The molecule has 1 heterocycles. The van der Waals surface area contributed by atoms with Crippen molar-refractivity contribution in [1.29, 1.82) is 0 Å². The Morgan fingerprint density at radius 3 is 2.73 bits per heavy atom. The fraction of sp³-hybridized carbons (Fsp3) is 1.00. The lowest BCUT2D eigenvalue weighted by atomic mass is 10.0. The van der Waals surface area contributed by atoms with Crippen LogP contribution in [0.1, 0.15) is 20.8 Å². The summed E-state index contributed by atoms with van der Waals surface area (Å²) in [5.41, 5.74) is 0. The lowest BCUT2D eigenvalue weighted by molar-refractivity contribution is 0.108. The van der Waals surface area contributed by atoms with Gasteiger partial charge in [-0.3, -0.25) is 0 Å². The minimum atomic E-state index is 0.640. The number of piperazine rings is 1. The lowest BCUT2D eigenvalue weighted by Gasteiger charge is -2.36. The molecule has 0 aromatic rings. The zero-order chi connectivity index (χ0) is 11.3. The predicted octanol–water partition coefficient (Wildman–Crippen LogP) is 1.20. The first-order valence-corrected chi connectivity index (χ1v) is 6.08. The molecule has 1 N–H and O–H groups in total. The lowest BCUT2D eigenvalue weighted by Crippen LogP contribution is -2.53. The van der Waals surface area contributed by atoms with E-state index in [0.717, 1.165) is 19.1 Å². The first-order valence-electron chi connectivity index (χ1n) is 6.08. The van der Waals surface area contributed by atoms with Crippen LogP contribution >= 0.6 is 0 Å². The summed E-state index contributed by atoms with van der Waals surface area (Å²) in [7, 11) is 1.78. The van der Waals surface area contributed by atoms with Crippen LogP contribution in [0.5, 0.6) is 0 Å². The van der Waals surface area contributed by atoms with Crippen LogP contribution in [-0.2, 0) is 4.74 Å². The van der Waals surface area contributed by atoms with Crippen LogP contribution in [0.25, 0.3) is 0 Å². The van der Waals surface area contributed by atoms with Crippen LogP contribution in [0.3, 0.4) is 0 Å². The Kier molecular flexibility index (Phi) is 5.58. The fourth-order valence-corrected chi connectivity index (χ4v) is 2.23. The Morgan fingerprint density at radius 1 is 1.40 bits per heavy atom. The summed E-state index contributed by atoms with van der Waals surface area (Å²) in [4.78, 5) is 2.56. The Labute approximate surface area is 94.2 Å². The maximum atomic E-state index is 5.18. The van der Waals surface area contributed by atoms with E-state index in [1.807, 2.05) is 0 Å². The minimum absolute atomic E-state index is 0.640. The SMILES string of the molecule is COCC(C)CN1CCNC(C(C)C)C1. The first-order chi connectivity index (χ1) is 7.13. The van der Waals surface area contributed by atoms with Crippen LogP contribution in [-0.4, -0.2) is 50.8 Å².